The maximum absolute atomic E-state index is 12.3. The lowest BCUT2D eigenvalue weighted by molar-refractivity contribution is -0.124. The normalized spacial score (nSPS) is 42.2. The molecule has 0 aromatic carbocycles. The van der Waals surface area contributed by atoms with E-state index in [-0.39, 0.29) is 18.6 Å². The molecule has 4 nitrogen and oxygen atoms in total. The Morgan fingerprint density at radius 1 is 1.14 bits per heavy atom. The minimum atomic E-state index is 0.201. The van der Waals surface area contributed by atoms with Crippen molar-refractivity contribution >= 4 is 5.91 Å². The van der Waals surface area contributed by atoms with Crippen molar-refractivity contribution < 1.29 is 14.6 Å². The lowest BCUT2D eigenvalue weighted by Crippen LogP contribution is -2.45. The number of aliphatic hydroxyl groups is 1. The summed E-state index contributed by atoms with van der Waals surface area (Å²) in [7, 11) is 1.78. The van der Waals surface area contributed by atoms with E-state index in [1.54, 1.807) is 7.11 Å². The van der Waals surface area contributed by atoms with Gasteiger partial charge in [-0.2, -0.15) is 0 Å². The van der Waals surface area contributed by atoms with Gasteiger partial charge in [-0.3, -0.25) is 4.79 Å². The number of hydrogen-bond donors (Lipinski definition) is 2. The van der Waals surface area contributed by atoms with Gasteiger partial charge in [0.25, 0.3) is 0 Å². The number of nitrogens with one attached hydrogen (secondary N) is 1. The van der Waals surface area contributed by atoms with Crippen molar-refractivity contribution in [3.8, 4) is 0 Å². The van der Waals surface area contributed by atoms with Crippen molar-refractivity contribution in [1.82, 2.24) is 5.32 Å². The average Bonchev–Trinajstić information content (AvgIpc) is 3.09. The Balaban J connectivity index is 1.46. The molecule has 0 radical (unpaired) electrons. The minimum absolute atomic E-state index is 0.201. The largest absolute Gasteiger partial charge is 0.396 e. The monoisotopic (exact) mass is 295 g/mol. The molecule has 3 saturated carbocycles. The van der Waals surface area contributed by atoms with Crippen LogP contribution in [0.4, 0.5) is 0 Å². The molecule has 2 bridgehead atoms. The first kappa shape index (κ1) is 15.3. The summed E-state index contributed by atoms with van der Waals surface area (Å²) >= 11 is 0. The highest BCUT2D eigenvalue weighted by Crippen LogP contribution is 2.48. The van der Waals surface area contributed by atoms with Crippen molar-refractivity contribution in [2.75, 3.05) is 13.7 Å². The van der Waals surface area contributed by atoms with Gasteiger partial charge in [0.15, 0.2) is 0 Å². The molecule has 4 heteroatoms. The second-order valence-corrected chi connectivity index (χ2v) is 7.36. The lowest BCUT2D eigenvalue weighted by atomic mass is 9.83. The fourth-order valence-electron chi connectivity index (χ4n) is 4.98. The first-order valence-corrected chi connectivity index (χ1v) is 8.64. The molecule has 21 heavy (non-hydrogen) atoms. The van der Waals surface area contributed by atoms with Gasteiger partial charge in [0.1, 0.15) is 0 Å². The predicted molar refractivity (Wildman–Crippen MR) is 80.7 cm³/mol. The fourth-order valence-corrected chi connectivity index (χ4v) is 4.98. The molecule has 0 aromatic heterocycles. The third-order valence-electron chi connectivity index (χ3n) is 6.23. The number of rotatable bonds is 5. The number of amides is 1. The van der Waals surface area contributed by atoms with E-state index in [0.717, 1.165) is 25.7 Å². The zero-order chi connectivity index (χ0) is 14.8. The average molecular weight is 295 g/mol. The maximum Gasteiger partial charge on any atom is 0.220 e. The Kier molecular flexibility index (Phi) is 4.85. The predicted octanol–water partition coefficient (Wildman–Crippen LogP) is 2.10. The Morgan fingerprint density at radius 2 is 1.86 bits per heavy atom. The van der Waals surface area contributed by atoms with Crippen LogP contribution in [0.2, 0.25) is 0 Å². The van der Waals surface area contributed by atoms with Crippen molar-refractivity contribution in [2.24, 2.45) is 23.7 Å². The molecule has 3 aliphatic rings. The molecule has 3 aliphatic carbocycles. The second kappa shape index (κ2) is 6.66. The van der Waals surface area contributed by atoms with Gasteiger partial charge >= 0.3 is 0 Å². The van der Waals surface area contributed by atoms with E-state index in [0.29, 0.717) is 36.2 Å². The first-order chi connectivity index (χ1) is 10.2. The number of ether oxygens (including phenoxy) is 1. The first-order valence-electron chi connectivity index (χ1n) is 8.64. The highest BCUT2D eigenvalue weighted by atomic mass is 16.5. The van der Waals surface area contributed by atoms with Gasteiger partial charge in [-0.15, -0.1) is 0 Å². The van der Waals surface area contributed by atoms with Crippen LogP contribution in [-0.4, -0.2) is 36.9 Å². The van der Waals surface area contributed by atoms with Gasteiger partial charge < -0.3 is 15.2 Å². The molecule has 0 spiro atoms. The molecule has 120 valence electrons. The Bertz CT molecular complexity index is 365. The fraction of sp³-hybridized carbons (Fsp3) is 0.941. The van der Waals surface area contributed by atoms with Crippen molar-refractivity contribution in [2.45, 2.75) is 63.5 Å². The number of aliphatic hydroxyl groups excluding tert-OH is 1. The maximum atomic E-state index is 12.3. The summed E-state index contributed by atoms with van der Waals surface area (Å²) in [6.07, 6.45) is 9.10. The molecule has 4 atom stereocenters. The van der Waals surface area contributed by atoms with Gasteiger partial charge in [-0.25, -0.2) is 0 Å². The number of methoxy groups -OCH3 is 1. The van der Waals surface area contributed by atoms with Crippen molar-refractivity contribution in [1.29, 1.82) is 0 Å². The summed E-state index contributed by atoms with van der Waals surface area (Å²) in [5.41, 5.74) is 0. The minimum Gasteiger partial charge on any atom is -0.396 e. The summed E-state index contributed by atoms with van der Waals surface area (Å²) in [4.78, 5) is 12.3. The van der Waals surface area contributed by atoms with Gasteiger partial charge in [0.2, 0.25) is 5.91 Å². The Hall–Kier alpha value is -0.610. The molecular formula is C17H29NO3. The van der Waals surface area contributed by atoms with Crippen LogP contribution in [0.5, 0.6) is 0 Å². The number of carbonyl (C=O) groups excluding carboxylic acids is 1. The molecular weight excluding hydrogens is 266 g/mol. The Labute approximate surface area is 127 Å². The van der Waals surface area contributed by atoms with E-state index in [2.05, 4.69) is 5.32 Å². The van der Waals surface area contributed by atoms with Crippen LogP contribution in [0.1, 0.15) is 51.4 Å². The van der Waals surface area contributed by atoms with E-state index < -0.39 is 0 Å². The Morgan fingerprint density at radius 3 is 2.52 bits per heavy atom. The van der Waals surface area contributed by atoms with Crippen LogP contribution in [0.3, 0.4) is 0 Å². The van der Waals surface area contributed by atoms with Gasteiger partial charge in [0.05, 0.1) is 6.10 Å². The smallest absolute Gasteiger partial charge is 0.220 e. The third kappa shape index (κ3) is 3.26. The molecule has 2 N–H and O–H groups in total. The molecule has 0 saturated heterocycles. The summed E-state index contributed by atoms with van der Waals surface area (Å²) in [5.74, 6) is 2.27. The van der Waals surface area contributed by atoms with E-state index in [1.807, 2.05) is 0 Å². The zero-order valence-corrected chi connectivity index (χ0v) is 13.1. The number of fused-ring (bicyclic) bond motifs is 2. The van der Waals surface area contributed by atoms with Crippen LogP contribution in [0.15, 0.2) is 0 Å². The van der Waals surface area contributed by atoms with Crippen LogP contribution in [-0.2, 0) is 9.53 Å². The quantitative estimate of drug-likeness (QED) is 0.816. The van der Waals surface area contributed by atoms with Crippen LogP contribution in [0, 0.1) is 23.7 Å². The second-order valence-electron chi connectivity index (χ2n) is 7.36. The standard InChI is InChI=1S/C17H29NO3/c1-21-14-6-2-11(3-7-14)8-16(20)18-17-13-5-4-12(9-13)15(17)10-19/h11-15,17,19H,2-10H2,1H3,(H,18,20). The van der Waals surface area contributed by atoms with Crippen LogP contribution >= 0.6 is 0 Å². The SMILES string of the molecule is COC1CCC(CC(=O)NC2C3CCC(C3)C2CO)CC1. The van der Waals surface area contributed by atoms with E-state index >= 15 is 0 Å². The molecule has 3 rings (SSSR count). The van der Waals surface area contributed by atoms with Gasteiger partial charge in [-0.05, 0) is 62.7 Å². The van der Waals surface area contributed by atoms with E-state index in [1.165, 1.54) is 19.3 Å². The summed E-state index contributed by atoms with van der Waals surface area (Å²) < 4.78 is 5.39. The highest BCUT2D eigenvalue weighted by molar-refractivity contribution is 5.76. The summed E-state index contributed by atoms with van der Waals surface area (Å²) in [6.45, 7) is 0.227. The molecule has 0 heterocycles. The van der Waals surface area contributed by atoms with E-state index in [9.17, 15) is 9.90 Å². The molecule has 0 aromatic rings. The summed E-state index contributed by atoms with van der Waals surface area (Å²) in [5, 5.41) is 12.8. The van der Waals surface area contributed by atoms with Gasteiger partial charge in [0, 0.05) is 32.1 Å². The van der Waals surface area contributed by atoms with Crippen LogP contribution < -0.4 is 5.32 Å². The van der Waals surface area contributed by atoms with Crippen LogP contribution in [0.25, 0.3) is 0 Å². The molecule has 0 aliphatic heterocycles. The zero-order valence-electron chi connectivity index (χ0n) is 13.1. The van der Waals surface area contributed by atoms with Gasteiger partial charge in [-0.1, -0.05) is 0 Å². The summed E-state index contributed by atoms with van der Waals surface area (Å²) in [6, 6.07) is 0.233. The highest BCUT2D eigenvalue weighted by Gasteiger charge is 2.47. The number of carbonyl (C=O) groups is 1. The number of hydrogen-bond acceptors (Lipinski definition) is 3. The van der Waals surface area contributed by atoms with E-state index in [4.69, 9.17) is 4.74 Å². The molecule has 3 fully saturated rings. The molecule has 1 amide bonds. The molecule has 4 unspecified atom stereocenters. The van der Waals surface area contributed by atoms with Crippen molar-refractivity contribution in [3.05, 3.63) is 0 Å². The third-order valence-corrected chi connectivity index (χ3v) is 6.23. The van der Waals surface area contributed by atoms with Crippen molar-refractivity contribution in [3.63, 3.8) is 0 Å². The topological polar surface area (TPSA) is 58.6 Å². The lowest BCUT2D eigenvalue weighted by Gasteiger charge is -2.32.